The minimum Gasteiger partial charge on any atom is -0.370 e. The van der Waals surface area contributed by atoms with Crippen LogP contribution in [0.3, 0.4) is 0 Å². The molecule has 0 radical (unpaired) electrons. The van der Waals surface area contributed by atoms with E-state index in [1.165, 1.54) is 16.1 Å². The Labute approximate surface area is 201 Å². The number of hydrogen-bond donors (Lipinski definition) is 0. The Balaban J connectivity index is 1.33. The van der Waals surface area contributed by atoms with E-state index in [-0.39, 0.29) is 18.8 Å². The summed E-state index contributed by atoms with van der Waals surface area (Å²) in [4.78, 5) is 4.67. The van der Waals surface area contributed by atoms with Crippen LogP contribution in [-0.2, 0) is 27.8 Å². The van der Waals surface area contributed by atoms with Gasteiger partial charge in [-0.3, -0.25) is 9.80 Å². The maximum absolute atomic E-state index is 12.4. The van der Waals surface area contributed by atoms with E-state index < -0.39 is 10.0 Å². The SMILES string of the molecule is CS(=O)(=O)N(CCN1CC2CN(Cc3ccc(C#N)cc3)CC(C1)O2)Cc1ccccc1C#N. The molecule has 2 bridgehead atoms. The molecule has 0 saturated carbocycles. The first-order valence-electron chi connectivity index (χ1n) is 11.4. The van der Waals surface area contributed by atoms with Crippen LogP contribution in [0.1, 0.15) is 22.3 Å². The number of benzene rings is 2. The van der Waals surface area contributed by atoms with Crippen molar-refractivity contribution in [3.63, 3.8) is 0 Å². The molecule has 2 fully saturated rings. The minimum atomic E-state index is -3.42. The molecule has 2 aromatic rings. The largest absolute Gasteiger partial charge is 0.370 e. The summed E-state index contributed by atoms with van der Waals surface area (Å²) in [6.07, 6.45) is 1.38. The van der Waals surface area contributed by atoms with Crippen LogP contribution in [0.5, 0.6) is 0 Å². The number of nitrogens with zero attached hydrogens (tertiary/aromatic N) is 5. The van der Waals surface area contributed by atoms with Crippen molar-refractivity contribution < 1.29 is 13.2 Å². The van der Waals surface area contributed by atoms with E-state index in [0.717, 1.165) is 32.7 Å². The second kappa shape index (κ2) is 10.6. The fourth-order valence-corrected chi connectivity index (χ4v) is 5.47. The number of hydrogen-bond acceptors (Lipinski definition) is 7. The second-order valence-electron chi connectivity index (χ2n) is 9.01. The first kappa shape index (κ1) is 24.3. The Morgan fingerprint density at radius 2 is 1.62 bits per heavy atom. The Morgan fingerprint density at radius 1 is 0.971 bits per heavy atom. The minimum absolute atomic E-state index is 0.0804. The van der Waals surface area contributed by atoms with Gasteiger partial charge in [0.15, 0.2) is 0 Å². The van der Waals surface area contributed by atoms with Gasteiger partial charge in [0.25, 0.3) is 0 Å². The molecular formula is C25H29N5O3S. The molecule has 2 saturated heterocycles. The van der Waals surface area contributed by atoms with Gasteiger partial charge >= 0.3 is 0 Å². The highest BCUT2D eigenvalue weighted by molar-refractivity contribution is 7.88. The van der Waals surface area contributed by atoms with Crippen molar-refractivity contribution in [1.82, 2.24) is 14.1 Å². The summed E-state index contributed by atoms with van der Waals surface area (Å²) in [5.41, 5.74) is 3.06. The second-order valence-corrected chi connectivity index (χ2v) is 11.0. The Kier molecular flexibility index (Phi) is 7.62. The van der Waals surface area contributed by atoms with E-state index in [4.69, 9.17) is 10.00 Å². The summed E-state index contributed by atoms with van der Waals surface area (Å²) in [5, 5.41) is 18.3. The normalized spacial score (nSPS) is 21.2. The topological polar surface area (TPSA) is 101 Å². The third-order valence-corrected chi connectivity index (χ3v) is 7.59. The molecule has 9 heteroatoms. The highest BCUT2D eigenvalue weighted by Crippen LogP contribution is 2.21. The average molecular weight is 480 g/mol. The maximum Gasteiger partial charge on any atom is 0.211 e. The molecule has 2 atom stereocenters. The van der Waals surface area contributed by atoms with E-state index in [2.05, 4.69) is 21.9 Å². The smallest absolute Gasteiger partial charge is 0.211 e. The summed E-state index contributed by atoms with van der Waals surface area (Å²) >= 11 is 0. The van der Waals surface area contributed by atoms with Crippen LogP contribution in [0.15, 0.2) is 48.5 Å². The highest BCUT2D eigenvalue weighted by atomic mass is 32.2. The van der Waals surface area contributed by atoms with E-state index in [1.807, 2.05) is 30.3 Å². The van der Waals surface area contributed by atoms with Crippen LogP contribution < -0.4 is 0 Å². The molecule has 8 nitrogen and oxygen atoms in total. The van der Waals surface area contributed by atoms with Crippen LogP contribution in [0, 0.1) is 22.7 Å². The summed E-state index contributed by atoms with van der Waals surface area (Å²) in [7, 11) is -3.42. The van der Waals surface area contributed by atoms with E-state index in [1.54, 1.807) is 18.2 Å². The van der Waals surface area contributed by atoms with Crippen molar-refractivity contribution in [3.8, 4) is 12.1 Å². The molecule has 0 aromatic heterocycles. The fourth-order valence-electron chi connectivity index (χ4n) is 4.69. The molecule has 2 unspecified atom stereocenters. The molecule has 0 amide bonds. The van der Waals surface area contributed by atoms with Crippen LogP contribution in [-0.4, -0.2) is 80.3 Å². The van der Waals surface area contributed by atoms with Crippen molar-refractivity contribution in [3.05, 3.63) is 70.8 Å². The highest BCUT2D eigenvalue weighted by Gasteiger charge is 2.35. The lowest BCUT2D eigenvalue weighted by atomic mass is 10.1. The van der Waals surface area contributed by atoms with Crippen molar-refractivity contribution in [1.29, 1.82) is 10.5 Å². The van der Waals surface area contributed by atoms with Crippen molar-refractivity contribution in [2.75, 3.05) is 45.5 Å². The molecule has 2 aliphatic rings. The van der Waals surface area contributed by atoms with Crippen molar-refractivity contribution >= 4 is 10.0 Å². The van der Waals surface area contributed by atoms with Crippen LogP contribution in [0.25, 0.3) is 0 Å². The van der Waals surface area contributed by atoms with Gasteiger partial charge in [0.05, 0.1) is 41.7 Å². The maximum atomic E-state index is 12.4. The molecule has 4 rings (SSSR count). The van der Waals surface area contributed by atoms with Gasteiger partial charge in [0.2, 0.25) is 10.0 Å². The molecule has 2 heterocycles. The quantitative estimate of drug-likeness (QED) is 0.569. The van der Waals surface area contributed by atoms with Gasteiger partial charge in [0, 0.05) is 52.4 Å². The number of rotatable bonds is 8. The third-order valence-electron chi connectivity index (χ3n) is 6.34. The summed E-state index contributed by atoms with van der Waals surface area (Å²) in [5.74, 6) is 0. The van der Waals surface area contributed by atoms with Crippen molar-refractivity contribution in [2.24, 2.45) is 0 Å². The Hall–Kier alpha value is -2.79. The Bertz CT molecular complexity index is 1170. The van der Waals surface area contributed by atoms with Gasteiger partial charge < -0.3 is 4.74 Å². The number of ether oxygens (including phenoxy) is 1. The summed E-state index contributed by atoms with van der Waals surface area (Å²) < 4.78 is 32.5. The Morgan fingerprint density at radius 3 is 2.24 bits per heavy atom. The number of morpholine rings is 2. The van der Waals surface area contributed by atoms with Crippen LogP contribution in [0.4, 0.5) is 0 Å². The molecule has 0 N–H and O–H groups in total. The number of nitriles is 2. The van der Waals surface area contributed by atoms with Crippen LogP contribution >= 0.6 is 0 Å². The summed E-state index contributed by atoms with van der Waals surface area (Å²) in [6, 6.07) is 19.1. The third kappa shape index (κ3) is 6.20. The lowest BCUT2D eigenvalue weighted by Gasteiger charge is -2.46. The molecular weight excluding hydrogens is 450 g/mol. The molecule has 34 heavy (non-hydrogen) atoms. The first-order chi connectivity index (χ1) is 16.3. The molecule has 0 aliphatic carbocycles. The zero-order valence-corrected chi connectivity index (χ0v) is 20.1. The molecule has 2 aromatic carbocycles. The van der Waals surface area contributed by atoms with Gasteiger partial charge in [-0.2, -0.15) is 14.8 Å². The van der Waals surface area contributed by atoms with Gasteiger partial charge in [-0.25, -0.2) is 8.42 Å². The van der Waals surface area contributed by atoms with E-state index in [0.29, 0.717) is 29.8 Å². The fraction of sp³-hybridized carbons (Fsp3) is 0.440. The zero-order chi connectivity index (χ0) is 24.1. The predicted molar refractivity (Wildman–Crippen MR) is 128 cm³/mol. The average Bonchev–Trinajstić information content (AvgIpc) is 2.81. The van der Waals surface area contributed by atoms with Gasteiger partial charge in [-0.15, -0.1) is 0 Å². The van der Waals surface area contributed by atoms with Crippen molar-refractivity contribution in [2.45, 2.75) is 25.3 Å². The molecule has 178 valence electrons. The lowest BCUT2D eigenvalue weighted by Crippen LogP contribution is -2.59. The molecule has 2 aliphatic heterocycles. The van der Waals surface area contributed by atoms with E-state index >= 15 is 0 Å². The lowest BCUT2D eigenvalue weighted by molar-refractivity contribution is -0.140. The van der Waals surface area contributed by atoms with Gasteiger partial charge in [-0.05, 0) is 29.3 Å². The van der Waals surface area contributed by atoms with Gasteiger partial charge in [-0.1, -0.05) is 30.3 Å². The van der Waals surface area contributed by atoms with Crippen LogP contribution in [0.2, 0.25) is 0 Å². The monoisotopic (exact) mass is 479 g/mol. The number of sulfonamides is 1. The molecule has 0 spiro atoms. The number of fused-ring (bicyclic) bond motifs is 2. The zero-order valence-electron chi connectivity index (χ0n) is 19.3. The standard InChI is InChI=1S/C25H29N5O3S/c1-34(31,32)30(15-23-5-3-2-4-22(23)13-27)11-10-28-16-24-18-29(19-25(17-28)33-24)14-21-8-6-20(12-26)7-9-21/h2-9,24-25H,10-11,14-19H2,1H3. The summed E-state index contributed by atoms with van der Waals surface area (Å²) in [6.45, 7) is 5.15. The first-order valence-corrected chi connectivity index (χ1v) is 13.2. The van der Waals surface area contributed by atoms with Gasteiger partial charge in [0.1, 0.15) is 0 Å². The van der Waals surface area contributed by atoms with E-state index in [9.17, 15) is 13.7 Å². The predicted octanol–water partition coefficient (Wildman–Crippen LogP) is 1.78.